The minimum absolute atomic E-state index is 0.0649. The number of carboxylic acids is 1. The first-order chi connectivity index (χ1) is 12.1. The molecule has 2 rings (SSSR count). The van der Waals surface area contributed by atoms with Gasteiger partial charge in [0.1, 0.15) is 0 Å². The number of hydrogen-bond acceptors (Lipinski definition) is 4. The molecule has 0 aliphatic rings. The molecule has 140 valence electrons. The third-order valence-electron chi connectivity index (χ3n) is 3.55. The SMILES string of the molecule is COCC(C)(NC(=O)c1cccc(-n2ccc(C(F)(F)F)n2)c1)C(=O)O. The van der Waals surface area contributed by atoms with Gasteiger partial charge in [-0.05, 0) is 31.2 Å². The van der Waals surface area contributed by atoms with Crippen molar-refractivity contribution in [3.8, 4) is 5.69 Å². The van der Waals surface area contributed by atoms with Gasteiger partial charge in [-0.25, -0.2) is 9.48 Å². The van der Waals surface area contributed by atoms with Gasteiger partial charge in [-0.3, -0.25) is 4.79 Å². The van der Waals surface area contributed by atoms with E-state index in [0.717, 1.165) is 16.9 Å². The zero-order chi connectivity index (χ0) is 19.5. The number of methoxy groups -OCH3 is 1. The van der Waals surface area contributed by atoms with Crippen molar-refractivity contribution in [3.05, 3.63) is 47.8 Å². The molecule has 1 atom stereocenters. The van der Waals surface area contributed by atoms with E-state index in [2.05, 4.69) is 10.4 Å². The summed E-state index contributed by atoms with van der Waals surface area (Å²) in [6.07, 6.45) is -3.46. The monoisotopic (exact) mass is 371 g/mol. The number of nitrogens with zero attached hydrogens (tertiary/aromatic N) is 2. The normalized spacial score (nSPS) is 13.9. The lowest BCUT2D eigenvalue weighted by Gasteiger charge is -2.25. The predicted octanol–water partition coefficient (Wildman–Crippen LogP) is 2.11. The van der Waals surface area contributed by atoms with Gasteiger partial charge in [0.05, 0.1) is 12.3 Å². The van der Waals surface area contributed by atoms with Crippen LogP contribution in [-0.4, -0.2) is 46.0 Å². The molecule has 2 N–H and O–H groups in total. The molecule has 0 spiro atoms. The van der Waals surface area contributed by atoms with Gasteiger partial charge in [-0.1, -0.05) is 6.07 Å². The quantitative estimate of drug-likeness (QED) is 0.811. The van der Waals surface area contributed by atoms with Crippen LogP contribution in [0.15, 0.2) is 36.5 Å². The summed E-state index contributed by atoms with van der Waals surface area (Å²) in [6.45, 7) is 1.02. The number of benzene rings is 1. The molecule has 0 saturated heterocycles. The van der Waals surface area contributed by atoms with Crippen molar-refractivity contribution in [2.24, 2.45) is 0 Å². The van der Waals surface area contributed by atoms with Crippen molar-refractivity contribution in [1.82, 2.24) is 15.1 Å². The molecule has 2 aromatic rings. The Bertz CT molecular complexity index is 819. The van der Waals surface area contributed by atoms with Gasteiger partial charge in [0.15, 0.2) is 11.2 Å². The molecule has 0 aliphatic heterocycles. The molecule has 1 aromatic heterocycles. The van der Waals surface area contributed by atoms with E-state index >= 15 is 0 Å². The number of aliphatic carboxylic acids is 1. The highest BCUT2D eigenvalue weighted by molar-refractivity contribution is 5.98. The minimum Gasteiger partial charge on any atom is -0.479 e. The van der Waals surface area contributed by atoms with Crippen molar-refractivity contribution < 1.29 is 32.6 Å². The Kier molecular flexibility index (Phi) is 5.36. The number of carbonyl (C=O) groups is 2. The lowest BCUT2D eigenvalue weighted by atomic mass is 10.0. The van der Waals surface area contributed by atoms with Gasteiger partial charge in [-0.15, -0.1) is 0 Å². The Hall–Kier alpha value is -2.88. The van der Waals surface area contributed by atoms with Crippen molar-refractivity contribution in [2.45, 2.75) is 18.6 Å². The van der Waals surface area contributed by atoms with Gasteiger partial charge < -0.3 is 15.2 Å². The Morgan fingerprint density at radius 2 is 2.00 bits per heavy atom. The average Bonchev–Trinajstić information content (AvgIpc) is 3.05. The summed E-state index contributed by atoms with van der Waals surface area (Å²) in [5.74, 6) is -2.00. The predicted molar refractivity (Wildman–Crippen MR) is 83.9 cm³/mol. The maximum absolute atomic E-state index is 12.7. The van der Waals surface area contributed by atoms with Crippen LogP contribution in [-0.2, 0) is 15.7 Å². The standard InChI is InChI=1S/C16H16F3N3O4/c1-15(9-26-2,14(24)25)20-13(23)10-4-3-5-11(8-10)22-7-6-12(21-22)16(17,18)19/h3-8H,9H2,1-2H3,(H,20,23)(H,24,25). The van der Waals surface area contributed by atoms with E-state index in [1.807, 2.05) is 0 Å². The van der Waals surface area contributed by atoms with Crippen LogP contribution in [0.2, 0.25) is 0 Å². The first-order valence-corrected chi connectivity index (χ1v) is 7.35. The lowest BCUT2D eigenvalue weighted by molar-refractivity contribution is -0.146. The van der Waals surface area contributed by atoms with E-state index in [0.29, 0.717) is 0 Å². The number of halogens is 3. The molecule has 1 unspecified atom stereocenters. The third kappa shape index (κ3) is 4.20. The number of rotatable bonds is 6. The second-order valence-electron chi connectivity index (χ2n) is 5.72. The largest absolute Gasteiger partial charge is 0.479 e. The summed E-state index contributed by atoms with van der Waals surface area (Å²) in [5, 5.41) is 15.0. The molecule has 0 radical (unpaired) electrons. The topological polar surface area (TPSA) is 93.5 Å². The summed E-state index contributed by atoms with van der Waals surface area (Å²) in [5.41, 5.74) is -2.44. The second-order valence-corrected chi connectivity index (χ2v) is 5.72. The Morgan fingerprint density at radius 3 is 2.54 bits per heavy atom. The molecule has 1 heterocycles. The zero-order valence-corrected chi connectivity index (χ0v) is 13.9. The van der Waals surface area contributed by atoms with Gasteiger partial charge in [0.25, 0.3) is 5.91 Å². The van der Waals surface area contributed by atoms with Crippen molar-refractivity contribution in [2.75, 3.05) is 13.7 Å². The summed E-state index contributed by atoms with van der Waals surface area (Å²) < 4.78 is 43.7. The minimum atomic E-state index is -4.58. The highest BCUT2D eigenvalue weighted by Crippen LogP contribution is 2.28. The Labute approximate surface area is 146 Å². The number of nitrogens with one attached hydrogen (secondary N) is 1. The molecule has 10 heteroatoms. The Balaban J connectivity index is 2.27. The van der Waals surface area contributed by atoms with Gasteiger partial charge in [0, 0.05) is 18.9 Å². The van der Waals surface area contributed by atoms with Gasteiger partial charge >= 0.3 is 12.1 Å². The molecule has 0 fully saturated rings. The van der Waals surface area contributed by atoms with Crippen LogP contribution in [0.4, 0.5) is 13.2 Å². The molecule has 7 nitrogen and oxygen atoms in total. The smallest absolute Gasteiger partial charge is 0.435 e. The van der Waals surface area contributed by atoms with Crippen LogP contribution in [0.5, 0.6) is 0 Å². The number of carboxylic acid groups (broad SMARTS) is 1. The fourth-order valence-electron chi connectivity index (χ4n) is 2.17. The maximum Gasteiger partial charge on any atom is 0.435 e. The number of aromatic nitrogens is 2. The van der Waals surface area contributed by atoms with E-state index in [4.69, 9.17) is 4.74 Å². The zero-order valence-electron chi connectivity index (χ0n) is 13.9. The first-order valence-electron chi connectivity index (χ1n) is 7.35. The van der Waals surface area contributed by atoms with Gasteiger partial charge in [-0.2, -0.15) is 18.3 Å². The molecule has 1 aromatic carbocycles. The molecule has 0 bridgehead atoms. The van der Waals surface area contributed by atoms with Crippen molar-refractivity contribution in [1.29, 1.82) is 0 Å². The molecular formula is C16H16F3N3O4. The van der Waals surface area contributed by atoms with Crippen LogP contribution < -0.4 is 5.32 Å². The van der Waals surface area contributed by atoms with Crippen LogP contribution in [0, 0.1) is 0 Å². The van der Waals surface area contributed by atoms with E-state index in [1.165, 1.54) is 38.3 Å². The number of ether oxygens (including phenoxy) is 1. The second kappa shape index (κ2) is 7.16. The van der Waals surface area contributed by atoms with Crippen LogP contribution in [0.25, 0.3) is 5.69 Å². The van der Waals surface area contributed by atoms with E-state index in [9.17, 15) is 27.9 Å². The highest BCUT2D eigenvalue weighted by atomic mass is 19.4. The number of carbonyl (C=O) groups excluding carboxylic acids is 1. The third-order valence-corrected chi connectivity index (χ3v) is 3.55. The highest BCUT2D eigenvalue weighted by Gasteiger charge is 2.35. The van der Waals surface area contributed by atoms with E-state index in [-0.39, 0.29) is 17.9 Å². The fraction of sp³-hybridized carbons (Fsp3) is 0.312. The summed E-state index contributed by atoms with van der Waals surface area (Å²) in [4.78, 5) is 23.7. The van der Waals surface area contributed by atoms with Crippen molar-refractivity contribution >= 4 is 11.9 Å². The van der Waals surface area contributed by atoms with Gasteiger partial charge in [0.2, 0.25) is 0 Å². The van der Waals surface area contributed by atoms with E-state index in [1.54, 1.807) is 0 Å². The first kappa shape index (κ1) is 19.4. The molecule has 0 saturated carbocycles. The van der Waals surface area contributed by atoms with Crippen molar-refractivity contribution in [3.63, 3.8) is 0 Å². The summed E-state index contributed by atoms with van der Waals surface area (Å²) in [7, 11) is 1.30. The molecule has 26 heavy (non-hydrogen) atoms. The maximum atomic E-state index is 12.7. The summed E-state index contributed by atoms with van der Waals surface area (Å²) >= 11 is 0. The Morgan fingerprint density at radius 1 is 1.31 bits per heavy atom. The number of amides is 1. The number of alkyl halides is 3. The average molecular weight is 371 g/mol. The van der Waals surface area contributed by atoms with Crippen LogP contribution >= 0.6 is 0 Å². The molecule has 0 aliphatic carbocycles. The summed E-state index contributed by atoms with van der Waals surface area (Å²) in [6, 6.07) is 6.44. The van der Waals surface area contributed by atoms with E-state index < -0.39 is 29.3 Å². The number of hydrogen-bond donors (Lipinski definition) is 2. The fourth-order valence-corrected chi connectivity index (χ4v) is 2.17. The van der Waals surface area contributed by atoms with Crippen LogP contribution in [0.3, 0.4) is 0 Å². The lowest BCUT2D eigenvalue weighted by Crippen LogP contribution is -2.55. The molecule has 1 amide bonds. The molecular weight excluding hydrogens is 355 g/mol. The van der Waals surface area contributed by atoms with Crippen LogP contribution in [0.1, 0.15) is 23.0 Å².